The van der Waals surface area contributed by atoms with Crippen LogP contribution in [0.2, 0.25) is 0 Å². The number of nitriles is 1. The Balaban J connectivity index is 1.94. The number of nitrogens with zero attached hydrogens (tertiary/aromatic N) is 3. The number of aromatic nitrogens is 1. The topological polar surface area (TPSA) is 57.0 Å². The first-order valence-corrected chi connectivity index (χ1v) is 7.03. The van der Waals surface area contributed by atoms with Gasteiger partial charge in [0.25, 0.3) is 0 Å². The number of carbonyl (C=O) groups is 1. The number of hydrogen-bond donors (Lipinski definition) is 0. The summed E-state index contributed by atoms with van der Waals surface area (Å²) in [6.45, 7) is 1.29. The Bertz CT molecular complexity index is 500. The van der Waals surface area contributed by atoms with E-state index in [2.05, 4.69) is 11.1 Å². The molecule has 1 heterocycles. The molecule has 0 N–H and O–H groups in total. The maximum atomic E-state index is 12.2. The van der Waals surface area contributed by atoms with Crippen molar-refractivity contribution < 1.29 is 4.79 Å². The first kappa shape index (κ1) is 14.3. The van der Waals surface area contributed by atoms with Crippen LogP contribution in [-0.4, -0.2) is 28.9 Å². The molecule has 0 aromatic carbocycles. The molecule has 20 heavy (non-hydrogen) atoms. The summed E-state index contributed by atoms with van der Waals surface area (Å²) in [5.74, 6) is 0.598. The number of amides is 1. The van der Waals surface area contributed by atoms with Gasteiger partial charge >= 0.3 is 0 Å². The molecule has 1 aliphatic rings. The van der Waals surface area contributed by atoms with Gasteiger partial charge in [-0.1, -0.05) is 12.5 Å². The van der Waals surface area contributed by atoms with Crippen molar-refractivity contribution >= 4 is 12.0 Å². The third-order valence-electron chi connectivity index (χ3n) is 3.61. The number of rotatable bonds is 6. The van der Waals surface area contributed by atoms with E-state index in [1.807, 2.05) is 12.1 Å². The molecule has 0 radical (unpaired) electrons. The Morgan fingerprint density at radius 2 is 2.40 bits per heavy atom. The lowest BCUT2D eigenvalue weighted by atomic mass is 9.85. The molecule has 1 saturated carbocycles. The summed E-state index contributed by atoms with van der Waals surface area (Å²) in [6, 6.07) is 5.85. The third kappa shape index (κ3) is 4.20. The molecule has 1 aliphatic carbocycles. The summed E-state index contributed by atoms with van der Waals surface area (Å²) >= 11 is 0. The van der Waals surface area contributed by atoms with E-state index in [9.17, 15) is 4.79 Å². The Hall–Kier alpha value is -2.15. The third-order valence-corrected chi connectivity index (χ3v) is 3.61. The molecule has 0 atom stereocenters. The maximum Gasteiger partial charge on any atom is 0.246 e. The number of hydrogen-bond acceptors (Lipinski definition) is 3. The average molecular weight is 269 g/mol. The van der Waals surface area contributed by atoms with Crippen LogP contribution in [0.15, 0.2) is 30.6 Å². The fraction of sp³-hybridized carbons (Fsp3) is 0.438. The van der Waals surface area contributed by atoms with Crippen molar-refractivity contribution in [3.8, 4) is 6.07 Å². The van der Waals surface area contributed by atoms with Crippen molar-refractivity contribution in [2.45, 2.75) is 25.7 Å². The fourth-order valence-electron chi connectivity index (χ4n) is 2.21. The van der Waals surface area contributed by atoms with Crippen molar-refractivity contribution in [3.05, 3.63) is 36.2 Å². The molecule has 1 aromatic rings. The monoisotopic (exact) mass is 269 g/mol. The normalized spacial score (nSPS) is 14.8. The highest BCUT2D eigenvalue weighted by Crippen LogP contribution is 2.27. The summed E-state index contributed by atoms with van der Waals surface area (Å²) in [7, 11) is 0. The first-order chi connectivity index (χ1) is 9.79. The number of pyridine rings is 1. The highest BCUT2D eigenvalue weighted by atomic mass is 16.2. The van der Waals surface area contributed by atoms with E-state index >= 15 is 0 Å². The zero-order valence-corrected chi connectivity index (χ0v) is 11.5. The number of carbonyl (C=O) groups excluding carboxylic acids is 1. The standard InChI is InChI=1S/C16H19N3O/c17-9-3-11-19(13-15-4-1-5-15)16(20)8-7-14-6-2-10-18-12-14/h2,6-8,10,12,15H,1,3-5,11,13H2/b8-7+. The van der Waals surface area contributed by atoms with E-state index in [1.54, 1.807) is 29.4 Å². The summed E-state index contributed by atoms with van der Waals surface area (Å²) < 4.78 is 0. The molecule has 2 rings (SSSR count). The molecule has 0 spiro atoms. The highest BCUT2D eigenvalue weighted by molar-refractivity contribution is 5.91. The molecule has 0 saturated heterocycles. The quantitative estimate of drug-likeness (QED) is 0.746. The van der Waals surface area contributed by atoms with E-state index in [4.69, 9.17) is 5.26 Å². The molecule has 1 amide bonds. The van der Waals surface area contributed by atoms with Crippen LogP contribution < -0.4 is 0 Å². The second-order valence-corrected chi connectivity index (χ2v) is 5.11. The molecule has 0 bridgehead atoms. The molecule has 104 valence electrons. The minimum atomic E-state index is -0.0176. The maximum absolute atomic E-state index is 12.2. The van der Waals surface area contributed by atoms with Crippen molar-refractivity contribution in [2.24, 2.45) is 5.92 Å². The molecule has 0 aliphatic heterocycles. The SMILES string of the molecule is N#CCCN(CC1CCC1)C(=O)/C=C/c1cccnc1. The second kappa shape index (κ2) is 7.44. The summed E-state index contributed by atoms with van der Waals surface area (Å²) in [5, 5.41) is 8.70. The van der Waals surface area contributed by atoms with Crippen LogP contribution in [0.5, 0.6) is 0 Å². The molecule has 0 unspecified atom stereocenters. The average Bonchev–Trinajstić information content (AvgIpc) is 2.44. The van der Waals surface area contributed by atoms with Crippen molar-refractivity contribution in [1.82, 2.24) is 9.88 Å². The Morgan fingerprint density at radius 1 is 1.55 bits per heavy atom. The van der Waals surface area contributed by atoms with Gasteiger partial charge in [0.2, 0.25) is 5.91 Å². The van der Waals surface area contributed by atoms with E-state index in [-0.39, 0.29) is 5.91 Å². The molecule has 1 aromatic heterocycles. The van der Waals surface area contributed by atoms with E-state index in [0.717, 1.165) is 12.1 Å². The van der Waals surface area contributed by atoms with Crippen molar-refractivity contribution in [3.63, 3.8) is 0 Å². The summed E-state index contributed by atoms with van der Waals surface area (Å²) in [5.41, 5.74) is 0.907. The second-order valence-electron chi connectivity index (χ2n) is 5.11. The lowest BCUT2D eigenvalue weighted by molar-refractivity contribution is -0.126. The molecule has 4 nitrogen and oxygen atoms in total. The fourth-order valence-corrected chi connectivity index (χ4v) is 2.21. The van der Waals surface area contributed by atoms with Gasteiger partial charge in [0.15, 0.2) is 0 Å². The van der Waals surface area contributed by atoms with Crippen molar-refractivity contribution in [1.29, 1.82) is 5.26 Å². The molecule has 1 fully saturated rings. The van der Waals surface area contributed by atoms with Crippen LogP contribution in [0, 0.1) is 17.2 Å². The van der Waals surface area contributed by atoms with E-state index in [1.165, 1.54) is 19.3 Å². The molecule has 4 heteroatoms. The summed E-state index contributed by atoms with van der Waals surface area (Å²) in [4.78, 5) is 18.0. The lowest BCUT2D eigenvalue weighted by Crippen LogP contribution is -2.37. The van der Waals surface area contributed by atoms with Crippen LogP contribution >= 0.6 is 0 Å². The molecular weight excluding hydrogens is 250 g/mol. The smallest absolute Gasteiger partial charge is 0.246 e. The van der Waals surface area contributed by atoms with Gasteiger partial charge in [0.1, 0.15) is 0 Å². The van der Waals surface area contributed by atoms with Crippen molar-refractivity contribution in [2.75, 3.05) is 13.1 Å². The van der Waals surface area contributed by atoms with Gasteiger partial charge in [0.05, 0.1) is 12.5 Å². The van der Waals surface area contributed by atoms with Crippen LogP contribution in [0.4, 0.5) is 0 Å². The molecular formula is C16H19N3O. The minimum Gasteiger partial charge on any atom is -0.338 e. The summed E-state index contributed by atoms with van der Waals surface area (Å²) in [6.07, 6.45) is 10.8. The van der Waals surface area contributed by atoms with Crippen LogP contribution in [-0.2, 0) is 4.79 Å². The zero-order chi connectivity index (χ0) is 14.2. The Labute approximate surface area is 119 Å². The van der Waals surface area contributed by atoms with Gasteiger partial charge in [-0.2, -0.15) is 5.26 Å². The van der Waals surface area contributed by atoms with E-state index < -0.39 is 0 Å². The minimum absolute atomic E-state index is 0.0176. The van der Waals surface area contributed by atoms with Gasteiger partial charge in [-0.3, -0.25) is 9.78 Å². The van der Waals surface area contributed by atoms with Gasteiger partial charge in [-0.05, 0) is 36.5 Å². The van der Waals surface area contributed by atoms with Gasteiger partial charge < -0.3 is 4.90 Å². The zero-order valence-electron chi connectivity index (χ0n) is 11.5. The van der Waals surface area contributed by atoms with Gasteiger partial charge in [-0.15, -0.1) is 0 Å². The predicted octanol–water partition coefficient (Wildman–Crippen LogP) is 2.64. The predicted molar refractivity (Wildman–Crippen MR) is 77.4 cm³/mol. The van der Waals surface area contributed by atoms with E-state index in [0.29, 0.717) is 18.9 Å². The first-order valence-electron chi connectivity index (χ1n) is 7.03. The highest BCUT2D eigenvalue weighted by Gasteiger charge is 2.22. The van der Waals surface area contributed by atoms with Crippen LogP contribution in [0.1, 0.15) is 31.2 Å². The lowest BCUT2D eigenvalue weighted by Gasteiger charge is -2.31. The van der Waals surface area contributed by atoms with Crippen LogP contribution in [0.25, 0.3) is 6.08 Å². The Kier molecular flexibility index (Phi) is 5.31. The Morgan fingerprint density at radius 3 is 3.00 bits per heavy atom. The van der Waals surface area contributed by atoms with Gasteiger partial charge in [-0.25, -0.2) is 0 Å². The van der Waals surface area contributed by atoms with Gasteiger partial charge in [0, 0.05) is 31.6 Å². The largest absolute Gasteiger partial charge is 0.338 e. The van der Waals surface area contributed by atoms with Crippen LogP contribution in [0.3, 0.4) is 0 Å².